The standard InChI is InChI=1S/C22H21F3N4O2S/c23-18-8-4-3-7-17(18)20-27-28-22(29(20)15-5-1-2-6-15)32-13-19(30)26-14-9-11-16(12-10-14)31-21(24)25/h3-4,7-12,15,21H,1-2,5-6,13H2,(H,26,30). The summed E-state index contributed by atoms with van der Waals surface area (Å²) in [6.45, 7) is -2.90. The lowest BCUT2D eigenvalue weighted by Crippen LogP contribution is -2.15. The summed E-state index contributed by atoms with van der Waals surface area (Å²) in [7, 11) is 0. The molecule has 6 nitrogen and oxygen atoms in total. The number of amides is 1. The van der Waals surface area contributed by atoms with Gasteiger partial charge in [0.15, 0.2) is 11.0 Å². The number of halogens is 3. The van der Waals surface area contributed by atoms with E-state index in [2.05, 4.69) is 20.3 Å². The van der Waals surface area contributed by atoms with Gasteiger partial charge in [-0.2, -0.15) is 8.78 Å². The Balaban J connectivity index is 1.46. The number of thioether (sulfide) groups is 1. The molecule has 1 aliphatic carbocycles. The topological polar surface area (TPSA) is 69.0 Å². The van der Waals surface area contributed by atoms with E-state index in [0.717, 1.165) is 25.7 Å². The van der Waals surface area contributed by atoms with E-state index in [0.29, 0.717) is 22.2 Å². The molecule has 1 aliphatic rings. The quantitative estimate of drug-likeness (QED) is 0.446. The summed E-state index contributed by atoms with van der Waals surface area (Å²) in [4.78, 5) is 12.4. The third kappa shape index (κ3) is 5.24. The van der Waals surface area contributed by atoms with Crippen molar-refractivity contribution < 1.29 is 22.7 Å². The zero-order valence-electron chi connectivity index (χ0n) is 17.0. The number of nitrogens with zero attached hydrogens (tertiary/aromatic N) is 3. The monoisotopic (exact) mass is 462 g/mol. The molecule has 1 N–H and O–H groups in total. The Morgan fingerprint density at radius 3 is 2.53 bits per heavy atom. The molecule has 1 amide bonds. The van der Waals surface area contributed by atoms with Crippen molar-refractivity contribution in [3.63, 3.8) is 0 Å². The van der Waals surface area contributed by atoms with E-state index in [4.69, 9.17) is 0 Å². The average molecular weight is 462 g/mol. The van der Waals surface area contributed by atoms with Crippen molar-refractivity contribution in [3.05, 3.63) is 54.3 Å². The molecule has 0 unspecified atom stereocenters. The van der Waals surface area contributed by atoms with E-state index in [-0.39, 0.29) is 29.3 Å². The molecule has 0 radical (unpaired) electrons. The van der Waals surface area contributed by atoms with Crippen LogP contribution in [0.15, 0.2) is 53.7 Å². The highest BCUT2D eigenvalue weighted by Gasteiger charge is 2.26. The molecule has 1 saturated carbocycles. The van der Waals surface area contributed by atoms with E-state index in [1.807, 2.05) is 4.57 Å². The van der Waals surface area contributed by atoms with E-state index in [1.165, 1.54) is 42.1 Å². The molecule has 0 spiro atoms. The van der Waals surface area contributed by atoms with Crippen molar-refractivity contribution in [1.29, 1.82) is 0 Å². The molecule has 168 valence electrons. The largest absolute Gasteiger partial charge is 0.435 e. The van der Waals surface area contributed by atoms with Crippen molar-refractivity contribution in [1.82, 2.24) is 14.8 Å². The minimum absolute atomic E-state index is 0.0118. The number of benzene rings is 2. The molecular weight excluding hydrogens is 441 g/mol. The normalized spacial score (nSPS) is 14.1. The number of ether oxygens (including phenoxy) is 1. The number of rotatable bonds is 8. The molecule has 0 bridgehead atoms. The highest BCUT2D eigenvalue weighted by Crippen LogP contribution is 2.37. The van der Waals surface area contributed by atoms with E-state index < -0.39 is 6.61 Å². The van der Waals surface area contributed by atoms with Gasteiger partial charge in [0, 0.05) is 11.7 Å². The second-order valence-corrected chi connectivity index (χ2v) is 8.28. The zero-order chi connectivity index (χ0) is 22.5. The first-order chi connectivity index (χ1) is 15.5. The molecular formula is C22H21F3N4O2S. The van der Waals surface area contributed by atoms with Gasteiger partial charge in [-0.1, -0.05) is 36.7 Å². The molecule has 0 aliphatic heterocycles. The fourth-order valence-electron chi connectivity index (χ4n) is 3.74. The maximum absolute atomic E-state index is 14.4. The van der Waals surface area contributed by atoms with Crippen molar-refractivity contribution >= 4 is 23.4 Å². The van der Waals surface area contributed by atoms with E-state index in [9.17, 15) is 18.0 Å². The van der Waals surface area contributed by atoms with Gasteiger partial charge in [-0.05, 0) is 49.2 Å². The molecule has 32 heavy (non-hydrogen) atoms. The molecule has 2 aromatic carbocycles. The fraction of sp³-hybridized carbons (Fsp3) is 0.318. The van der Waals surface area contributed by atoms with Gasteiger partial charge in [0.2, 0.25) is 5.91 Å². The van der Waals surface area contributed by atoms with E-state index in [1.54, 1.807) is 18.2 Å². The van der Waals surface area contributed by atoms with Crippen LogP contribution < -0.4 is 10.1 Å². The van der Waals surface area contributed by atoms with Crippen LogP contribution in [0.1, 0.15) is 31.7 Å². The zero-order valence-corrected chi connectivity index (χ0v) is 17.8. The maximum Gasteiger partial charge on any atom is 0.387 e. The highest BCUT2D eigenvalue weighted by molar-refractivity contribution is 7.99. The van der Waals surface area contributed by atoms with Gasteiger partial charge in [-0.15, -0.1) is 10.2 Å². The van der Waals surface area contributed by atoms with Gasteiger partial charge in [0.05, 0.1) is 11.3 Å². The van der Waals surface area contributed by atoms with Gasteiger partial charge in [-0.3, -0.25) is 9.36 Å². The van der Waals surface area contributed by atoms with Crippen LogP contribution in [0.25, 0.3) is 11.4 Å². The molecule has 4 rings (SSSR count). The molecule has 1 aromatic heterocycles. The highest BCUT2D eigenvalue weighted by atomic mass is 32.2. The van der Waals surface area contributed by atoms with Gasteiger partial charge < -0.3 is 10.1 Å². The molecule has 10 heteroatoms. The molecule has 0 atom stereocenters. The lowest BCUT2D eigenvalue weighted by Gasteiger charge is -2.17. The van der Waals surface area contributed by atoms with E-state index >= 15 is 0 Å². The summed E-state index contributed by atoms with van der Waals surface area (Å²) in [6, 6.07) is 12.3. The molecule has 1 fully saturated rings. The lowest BCUT2D eigenvalue weighted by molar-refractivity contribution is -0.113. The predicted octanol–water partition coefficient (Wildman–Crippen LogP) is 5.53. The number of carbonyl (C=O) groups excluding carboxylic acids is 1. The average Bonchev–Trinajstić information content (AvgIpc) is 3.43. The van der Waals surface area contributed by atoms with Crippen LogP contribution in [0.3, 0.4) is 0 Å². The Morgan fingerprint density at radius 2 is 1.84 bits per heavy atom. The first kappa shape index (κ1) is 22.2. The van der Waals surface area contributed by atoms with Crippen molar-refractivity contribution in [2.45, 2.75) is 43.5 Å². The summed E-state index contributed by atoms with van der Waals surface area (Å²) in [5, 5.41) is 11.7. The number of aromatic nitrogens is 3. The van der Waals surface area contributed by atoms with Gasteiger partial charge in [0.1, 0.15) is 11.6 Å². The first-order valence-electron chi connectivity index (χ1n) is 10.2. The Labute approximate surface area is 187 Å². The minimum atomic E-state index is -2.90. The molecule has 3 aromatic rings. The number of anilines is 1. The summed E-state index contributed by atoms with van der Waals surface area (Å²) >= 11 is 1.23. The number of hydrogen-bond acceptors (Lipinski definition) is 5. The Morgan fingerprint density at radius 1 is 1.12 bits per heavy atom. The van der Waals surface area contributed by atoms with Crippen LogP contribution in [-0.4, -0.2) is 33.0 Å². The molecule has 1 heterocycles. The summed E-state index contributed by atoms with van der Waals surface area (Å²) in [5.41, 5.74) is 0.843. The van der Waals surface area contributed by atoms with Crippen LogP contribution in [0.2, 0.25) is 0 Å². The number of nitrogens with one attached hydrogen (secondary N) is 1. The van der Waals surface area contributed by atoms with Crippen molar-refractivity contribution in [2.24, 2.45) is 0 Å². The van der Waals surface area contributed by atoms with Crippen LogP contribution in [0, 0.1) is 5.82 Å². The van der Waals surface area contributed by atoms with Crippen LogP contribution >= 0.6 is 11.8 Å². The fourth-order valence-corrected chi connectivity index (χ4v) is 4.55. The predicted molar refractivity (Wildman–Crippen MR) is 115 cm³/mol. The Hall–Kier alpha value is -3.01. The Kier molecular flexibility index (Phi) is 6.99. The second-order valence-electron chi connectivity index (χ2n) is 7.33. The SMILES string of the molecule is O=C(CSc1nnc(-c2ccccc2F)n1C1CCCC1)Nc1ccc(OC(F)F)cc1. The van der Waals surface area contributed by atoms with Gasteiger partial charge in [0.25, 0.3) is 0 Å². The smallest absolute Gasteiger partial charge is 0.387 e. The van der Waals surface area contributed by atoms with Crippen molar-refractivity contribution in [3.8, 4) is 17.1 Å². The number of hydrogen-bond donors (Lipinski definition) is 1. The number of carbonyl (C=O) groups is 1. The lowest BCUT2D eigenvalue weighted by atomic mass is 10.1. The minimum Gasteiger partial charge on any atom is -0.435 e. The summed E-state index contributed by atoms with van der Waals surface area (Å²) < 4.78 is 45.1. The third-order valence-corrected chi connectivity index (χ3v) is 6.11. The van der Waals surface area contributed by atoms with Gasteiger partial charge >= 0.3 is 6.61 Å². The number of alkyl halides is 2. The second kappa shape index (κ2) is 10.1. The Bertz CT molecular complexity index is 1070. The van der Waals surface area contributed by atoms with Crippen LogP contribution in [-0.2, 0) is 4.79 Å². The maximum atomic E-state index is 14.4. The first-order valence-corrected chi connectivity index (χ1v) is 11.2. The summed E-state index contributed by atoms with van der Waals surface area (Å²) in [5.74, 6) is -0.110. The van der Waals surface area contributed by atoms with Crippen molar-refractivity contribution in [2.75, 3.05) is 11.1 Å². The summed E-state index contributed by atoms with van der Waals surface area (Å²) in [6.07, 6.45) is 4.06. The van der Waals surface area contributed by atoms with Gasteiger partial charge in [-0.25, -0.2) is 4.39 Å². The van der Waals surface area contributed by atoms with Crippen LogP contribution in [0.4, 0.5) is 18.9 Å². The third-order valence-electron chi connectivity index (χ3n) is 5.16. The van der Waals surface area contributed by atoms with Crippen LogP contribution in [0.5, 0.6) is 5.75 Å². The molecule has 0 saturated heterocycles.